The van der Waals surface area contributed by atoms with Gasteiger partial charge in [-0.3, -0.25) is 0 Å². The van der Waals surface area contributed by atoms with Crippen LogP contribution in [-0.4, -0.2) is 55.1 Å². The van der Waals surface area contributed by atoms with Crippen molar-refractivity contribution < 1.29 is 0 Å². The van der Waals surface area contributed by atoms with Crippen LogP contribution in [0.25, 0.3) is 0 Å². The van der Waals surface area contributed by atoms with Crippen LogP contribution < -0.4 is 5.73 Å². The smallest absolute Gasteiger partial charge is 0.0120 e. The number of likely N-dealkylation sites (tertiary alicyclic amines) is 2. The highest BCUT2D eigenvalue weighted by molar-refractivity contribution is 4.82. The Kier molecular flexibility index (Phi) is 4.62. The van der Waals surface area contributed by atoms with Crippen molar-refractivity contribution >= 4 is 0 Å². The van der Waals surface area contributed by atoms with Crippen LogP contribution in [0.3, 0.4) is 0 Å². The van der Waals surface area contributed by atoms with E-state index in [1.807, 2.05) is 0 Å². The third-order valence-corrected chi connectivity index (χ3v) is 4.21. The molecular formula is C13H27N3. The van der Waals surface area contributed by atoms with Crippen LogP contribution in [0.1, 0.15) is 32.6 Å². The zero-order valence-corrected chi connectivity index (χ0v) is 10.7. The van der Waals surface area contributed by atoms with Crippen LogP contribution in [0.15, 0.2) is 0 Å². The van der Waals surface area contributed by atoms with Gasteiger partial charge in [-0.15, -0.1) is 0 Å². The van der Waals surface area contributed by atoms with Gasteiger partial charge >= 0.3 is 0 Å². The molecule has 94 valence electrons. The van der Waals surface area contributed by atoms with Gasteiger partial charge in [-0.25, -0.2) is 0 Å². The first-order chi connectivity index (χ1) is 7.79. The SMILES string of the molecule is CC1CCCN(C2CCN(CCN)CC2)C1. The maximum absolute atomic E-state index is 5.60. The molecule has 16 heavy (non-hydrogen) atoms. The van der Waals surface area contributed by atoms with Crippen LogP contribution in [0.4, 0.5) is 0 Å². The Bertz CT molecular complexity index is 199. The van der Waals surface area contributed by atoms with Gasteiger partial charge in [0.2, 0.25) is 0 Å². The summed E-state index contributed by atoms with van der Waals surface area (Å²) in [6, 6.07) is 0.858. The molecule has 3 heteroatoms. The fourth-order valence-electron chi connectivity index (χ4n) is 3.25. The molecule has 2 heterocycles. The Morgan fingerprint density at radius 2 is 1.88 bits per heavy atom. The van der Waals surface area contributed by atoms with Gasteiger partial charge in [0.25, 0.3) is 0 Å². The summed E-state index contributed by atoms with van der Waals surface area (Å²) in [6.07, 6.45) is 5.55. The standard InChI is InChI=1S/C13H27N3/c1-12-3-2-7-16(11-12)13-4-8-15(9-5-13)10-6-14/h12-13H,2-11,14H2,1H3. The fraction of sp³-hybridized carbons (Fsp3) is 1.00. The molecule has 0 aromatic rings. The molecule has 0 spiro atoms. The first-order valence-corrected chi connectivity index (χ1v) is 6.96. The van der Waals surface area contributed by atoms with Crippen LogP contribution in [0.5, 0.6) is 0 Å². The Morgan fingerprint density at radius 3 is 2.50 bits per heavy atom. The van der Waals surface area contributed by atoms with Crippen LogP contribution >= 0.6 is 0 Å². The van der Waals surface area contributed by atoms with Gasteiger partial charge in [0, 0.05) is 25.7 Å². The van der Waals surface area contributed by atoms with Crippen LogP contribution in [0, 0.1) is 5.92 Å². The Hall–Kier alpha value is -0.120. The van der Waals surface area contributed by atoms with E-state index in [2.05, 4.69) is 16.7 Å². The first kappa shape index (κ1) is 12.3. The van der Waals surface area contributed by atoms with Crippen molar-refractivity contribution in [3.63, 3.8) is 0 Å². The van der Waals surface area contributed by atoms with Gasteiger partial charge in [-0.1, -0.05) is 6.92 Å². The summed E-state index contributed by atoms with van der Waals surface area (Å²) in [7, 11) is 0. The van der Waals surface area contributed by atoms with E-state index >= 15 is 0 Å². The second-order valence-corrected chi connectivity index (χ2v) is 5.60. The van der Waals surface area contributed by atoms with Crippen molar-refractivity contribution in [2.45, 2.75) is 38.6 Å². The minimum Gasteiger partial charge on any atom is -0.329 e. The number of rotatable bonds is 3. The van der Waals surface area contributed by atoms with E-state index in [4.69, 9.17) is 5.73 Å². The molecule has 0 saturated carbocycles. The zero-order chi connectivity index (χ0) is 11.4. The summed E-state index contributed by atoms with van der Waals surface area (Å²) in [5.74, 6) is 0.913. The molecule has 2 aliphatic rings. The highest BCUT2D eigenvalue weighted by atomic mass is 15.2. The van der Waals surface area contributed by atoms with E-state index in [1.165, 1.54) is 51.9 Å². The minimum absolute atomic E-state index is 0.811. The molecule has 1 atom stereocenters. The molecule has 0 aromatic heterocycles. The normalized spacial score (nSPS) is 30.8. The lowest BCUT2D eigenvalue weighted by Gasteiger charge is -2.41. The Balaban J connectivity index is 1.75. The molecular weight excluding hydrogens is 198 g/mol. The Labute approximate surface area is 100.0 Å². The van der Waals surface area contributed by atoms with E-state index < -0.39 is 0 Å². The molecule has 0 bridgehead atoms. The number of nitrogens with zero attached hydrogens (tertiary/aromatic N) is 2. The van der Waals surface area contributed by atoms with Crippen molar-refractivity contribution in [2.75, 3.05) is 39.3 Å². The Morgan fingerprint density at radius 1 is 1.12 bits per heavy atom. The van der Waals surface area contributed by atoms with E-state index in [0.29, 0.717) is 0 Å². The minimum atomic E-state index is 0.811. The van der Waals surface area contributed by atoms with Crippen molar-refractivity contribution in [3.8, 4) is 0 Å². The van der Waals surface area contributed by atoms with Gasteiger partial charge in [0.15, 0.2) is 0 Å². The quantitative estimate of drug-likeness (QED) is 0.782. The van der Waals surface area contributed by atoms with Crippen LogP contribution in [-0.2, 0) is 0 Å². The average molecular weight is 225 g/mol. The summed E-state index contributed by atoms with van der Waals surface area (Å²) in [5, 5.41) is 0. The van der Waals surface area contributed by atoms with E-state index in [1.54, 1.807) is 0 Å². The largest absolute Gasteiger partial charge is 0.329 e. The van der Waals surface area contributed by atoms with E-state index in [9.17, 15) is 0 Å². The molecule has 2 rings (SSSR count). The predicted molar refractivity (Wildman–Crippen MR) is 68.5 cm³/mol. The van der Waals surface area contributed by atoms with Gasteiger partial charge < -0.3 is 15.5 Å². The average Bonchev–Trinajstić information content (AvgIpc) is 2.30. The zero-order valence-electron chi connectivity index (χ0n) is 10.7. The molecule has 0 amide bonds. The summed E-state index contributed by atoms with van der Waals surface area (Å²) in [4.78, 5) is 5.26. The lowest BCUT2D eigenvalue weighted by Crippen LogP contribution is -2.48. The van der Waals surface area contributed by atoms with Gasteiger partial charge in [-0.05, 0) is 51.2 Å². The molecule has 0 radical (unpaired) electrons. The van der Waals surface area contributed by atoms with Gasteiger partial charge in [0.1, 0.15) is 0 Å². The molecule has 2 aliphatic heterocycles. The van der Waals surface area contributed by atoms with Gasteiger partial charge in [0.05, 0.1) is 0 Å². The van der Waals surface area contributed by atoms with Crippen LogP contribution in [0.2, 0.25) is 0 Å². The first-order valence-electron chi connectivity index (χ1n) is 6.96. The lowest BCUT2D eigenvalue weighted by atomic mass is 9.95. The molecule has 0 aromatic carbocycles. The predicted octanol–water partition coefficient (Wildman–Crippen LogP) is 1.14. The highest BCUT2D eigenvalue weighted by Gasteiger charge is 2.26. The fourth-order valence-corrected chi connectivity index (χ4v) is 3.25. The molecule has 2 saturated heterocycles. The topological polar surface area (TPSA) is 32.5 Å². The van der Waals surface area contributed by atoms with Crippen molar-refractivity contribution in [2.24, 2.45) is 11.7 Å². The molecule has 2 fully saturated rings. The number of hydrogen-bond acceptors (Lipinski definition) is 3. The molecule has 2 N–H and O–H groups in total. The summed E-state index contributed by atoms with van der Waals surface area (Å²) < 4.78 is 0. The third kappa shape index (κ3) is 3.19. The highest BCUT2D eigenvalue weighted by Crippen LogP contribution is 2.23. The van der Waals surface area contributed by atoms with Crippen molar-refractivity contribution in [1.82, 2.24) is 9.80 Å². The summed E-state index contributed by atoms with van der Waals surface area (Å²) in [5.41, 5.74) is 5.60. The number of hydrogen-bond donors (Lipinski definition) is 1. The number of piperidine rings is 2. The summed E-state index contributed by atoms with van der Waals surface area (Å²) in [6.45, 7) is 9.48. The number of nitrogens with two attached hydrogens (primary N) is 1. The van der Waals surface area contributed by atoms with E-state index in [-0.39, 0.29) is 0 Å². The monoisotopic (exact) mass is 225 g/mol. The maximum atomic E-state index is 5.60. The van der Waals surface area contributed by atoms with E-state index in [0.717, 1.165) is 25.0 Å². The van der Waals surface area contributed by atoms with Crippen molar-refractivity contribution in [1.29, 1.82) is 0 Å². The lowest BCUT2D eigenvalue weighted by molar-refractivity contribution is 0.0762. The molecule has 0 aliphatic carbocycles. The summed E-state index contributed by atoms with van der Waals surface area (Å²) >= 11 is 0. The van der Waals surface area contributed by atoms with Gasteiger partial charge in [-0.2, -0.15) is 0 Å². The third-order valence-electron chi connectivity index (χ3n) is 4.21. The second-order valence-electron chi connectivity index (χ2n) is 5.60. The molecule has 1 unspecified atom stereocenters. The second kappa shape index (κ2) is 5.99. The van der Waals surface area contributed by atoms with Crippen molar-refractivity contribution in [3.05, 3.63) is 0 Å². The molecule has 3 nitrogen and oxygen atoms in total. The maximum Gasteiger partial charge on any atom is 0.0120 e.